The molecule has 0 fully saturated rings. The fraction of sp³-hybridized carbons (Fsp3) is 0.292. The number of carbonyl (C=O) groups is 3. The molecule has 0 spiro atoms. The van der Waals surface area contributed by atoms with E-state index in [9.17, 15) is 27.6 Å². The Morgan fingerprint density at radius 2 is 1.57 bits per heavy atom. The Morgan fingerprint density at radius 1 is 0.943 bits per heavy atom. The average molecular weight is 550 g/mol. The van der Waals surface area contributed by atoms with E-state index in [4.69, 9.17) is 34.8 Å². The van der Waals surface area contributed by atoms with Gasteiger partial charge in [-0.25, -0.2) is 0 Å². The first-order chi connectivity index (χ1) is 16.3. The number of amides is 2. The van der Waals surface area contributed by atoms with Gasteiger partial charge in [-0.1, -0.05) is 66.8 Å². The van der Waals surface area contributed by atoms with Crippen LogP contribution in [-0.4, -0.2) is 35.9 Å². The highest BCUT2D eigenvalue weighted by Crippen LogP contribution is 2.23. The summed E-state index contributed by atoms with van der Waals surface area (Å²) >= 11 is 17.7. The molecule has 0 saturated carbocycles. The third-order valence-electron chi connectivity index (χ3n) is 4.88. The topological polar surface area (TPSA) is 75.3 Å². The predicted molar refractivity (Wildman–Crippen MR) is 130 cm³/mol. The SMILES string of the molecule is CC(C)C(NC(=O)C(Cc1ccc(Cl)cc1)NC(=O)/C=C/c1ccc(Cl)c(Cl)c1)C(=O)C(F)(F)F. The summed E-state index contributed by atoms with van der Waals surface area (Å²) in [6, 6.07) is 7.98. The zero-order valence-electron chi connectivity index (χ0n) is 18.6. The van der Waals surface area contributed by atoms with Crippen LogP contribution >= 0.6 is 34.8 Å². The molecule has 0 aliphatic heterocycles. The first-order valence-electron chi connectivity index (χ1n) is 10.4. The van der Waals surface area contributed by atoms with Gasteiger partial charge in [-0.15, -0.1) is 0 Å². The Balaban J connectivity index is 2.24. The summed E-state index contributed by atoms with van der Waals surface area (Å²) < 4.78 is 39.0. The van der Waals surface area contributed by atoms with Gasteiger partial charge in [-0.05, 0) is 47.4 Å². The van der Waals surface area contributed by atoms with Crippen LogP contribution in [0, 0.1) is 5.92 Å². The van der Waals surface area contributed by atoms with E-state index in [1.165, 1.54) is 26.0 Å². The van der Waals surface area contributed by atoms with Crippen LogP contribution in [0.15, 0.2) is 48.5 Å². The number of carbonyl (C=O) groups excluding carboxylic acids is 3. The molecular weight excluding hydrogens is 528 g/mol. The maximum atomic E-state index is 13.0. The number of halogens is 6. The molecule has 5 nitrogen and oxygen atoms in total. The van der Waals surface area contributed by atoms with Gasteiger partial charge in [0, 0.05) is 17.5 Å². The first-order valence-corrected chi connectivity index (χ1v) is 11.5. The molecule has 35 heavy (non-hydrogen) atoms. The lowest BCUT2D eigenvalue weighted by molar-refractivity contribution is -0.175. The average Bonchev–Trinajstić information content (AvgIpc) is 2.77. The van der Waals surface area contributed by atoms with Crippen LogP contribution in [0.5, 0.6) is 0 Å². The Bertz CT molecular complexity index is 1100. The molecule has 2 atom stereocenters. The van der Waals surface area contributed by atoms with Crippen LogP contribution in [0.1, 0.15) is 25.0 Å². The summed E-state index contributed by atoms with van der Waals surface area (Å²) in [5, 5.41) is 5.68. The molecule has 0 heterocycles. The molecule has 0 radical (unpaired) electrons. The van der Waals surface area contributed by atoms with Crippen LogP contribution < -0.4 is 10.6 Å². The minimum atomic E-state index is -5.13. The van der Waals surface area contributed by atoms with E-state index in [0.29, 0.717) is 21.2 Å². The van der Waals surface area contributed by atoms with Crippen LogP contribution in [0.4, 0.5) is 13.2 Å². The molecule has 188 valence electrons. The van der Waals surface area contributed by atoms with Gasteiger partial charge in [0.2, 0.25) is 11.8 Å². The van der Waals surface area contributed by atoms with E-state index in [0.717, 1.165) is 6.08 Å². The van der Waals surface area contributed by atoms with E-state index < -0.39 is 41.8 Å². The number of rotatable bonds is 9. The van der Waals surface area contributed by atoms with E-state index in [1.54, 1.807) is 36.4 Å². The van der Waals surface area contributed by atoms with Crippen LogP contribution in [-0.2, 0) is 20.8 Å². The van der Waals surface area contributed by atoms with E-state index in [-0.39, 0.29) is 11.4 Å². The number of hydrogen-bond donors (Lipinski definition) is 2. The predicted octanol–water partition coefficient (Wildman–Crippen LogP) is 5.66. The summed E-state index contributed by atoms with van der Waals surface area (Å²) in [4.78, 5) is 37.3. The molecule has 0 aliphatic carbocycles. The van der Waals surface area contributed by atoms with Gasteiger partial charge in [-0.3, -0.25) is 14.4 Å². The van der Waals surface area contributed by atoms with E-state index in [2.05, 4.69) is 10.6 Å². The van der Waals surface area contributed by atoms with Crippen molar-refractivity contribution in [2.45, 2.75) is 38.5 Å². The summed E-state index contributed by atoms with van der Waals surface area (Å²) in [5.74, 6) is -4.53. The van der Waals surface area contributed by atoms with Gasteiger partial charge < -0.3 is 10.6 Å². The molecule has 2 unspecified atom stereocenters. The van der Waals surface area contributed by atoms with Crippen molar-refractivity contribution in [3.63, 3.8) is 0 Å². The second-order valence-electron chi connectivity index (χ2n) is 7.99. The monoisotopic (exact) mass is 548 g/mol. The lowest BCUT2D eigenvalue weighted by atomic mass is 9.98. The summed E-state index contributed by atoms with van der Waals surface area (Å²) in [5.41, 5.74) is 1.15. The Kier molecular flexibility index (Phi) is 10.2. The normalized spacial score (nSPS) is 13.5. The Labute approximate surface area is 215 Å². The molecule has 0 bridgehead atoms. The zero-order chi connectivity index (χ0) is 26.3. The lowest BCUT2D eigenvalue weighted by Gasteiger charge is -2.25. The third kappa shape index (κ3) is 8.87. The van der Waals surface area contributed by atoms with Crippen molar-refractivity contribution >= 4 is 58.5 Å². The summed E-state index contributed by atoms with van der Waals surface area (Å²) in [6.45, 7) is 2.75. The lowest BCUT2D eigenvalue weighted by Crippen LogP contribution is -2.55. The molecule has 2 rings (SSSR count). The highest BCUT2D eigenvalue weighted by Gasteiger charge is 2.45. The molecule has 0 aromatic heterocycles. The maximum Gasteiger partial charge on any atom is 0.452 e. The second-order valence-corrected chi connectivity index (χ2v) is 9.24. The van der Waals surface area contributed by atoms with Crippen molar-refractivity contribution in [1.29, 1.82) is 0 Å². The molecule has 11 heteroatoms. The van der Waals surface area contributed by atoms with Gasteiger partial charge >= 0.3 is 6.18 Å². The molecule has 0 saturated heterocycles. The highest BCUT2D eigenvalue weighted by atomic mass is 35.5. The fourth-order valence-corrected chi connectivity index (χ4v) is 3.47. The van der Waals surface area contributed by atoms with Gasteiger partial charge in [0.1, 0.15) is 6.04 Å². The number of alkyl halides is 3. The molecule has 2 aromatic carbocycles. The molecular formula is C24H22Cl3F3N2O3. The van der Waals surface area contributed by atoms with Gasteiger partial charge in [-0.2, -0.15) is 13.2 Å². The van der Waals surface area contributed by atoms with E-state index >= 15 is 0 Å². The van der Waals surface area contributed by atoms with E-state index in [1.807, 2.05) is 0 Å². The van der Waals surface area contributed by atoms with Crippen molar-refractivity contribution in [2.24, 2.45) is 5.92 Å². The fourth-order valence-electron chi connectivity index (χ4n) is 3.04. The van der Waals surface area contributed by atoms with Gasteiger partial charge in [0.25, 0.3) is 5.78 Å². The number of Topliss-reactive ketones (excluding diaryl/α,β-unsaturated/α-hetero) is 1. The molecule has 2 amide bonds. The van der Waals surface area contributed by atoms with Crippen molar-refractivity contribution in [3.8, 4) is 0 Å². The smallest absolute Gasteiger partial charge is 0.344 e. The largest absolute Gasteiger partial charge is 0.452 e. The summed E-state index contributed by atoms with van der Waals surface area (Å²) in [6.07, 6.45) is -2.61. The van der Waals surface area contributed by atoms with Crippen LogP contribution in [0.25, 0.3) is 6.08 Å². The van der Waals surface area contributed by atoms with Crippen LogP contribution in [0.2, 0.25) is 15.1 Å². The van der Waals surface area contributed by atoms with Crippen LogP contribution in [0.3, 0.4) is 0 Å². The minimum absolute atomic E-state index is 0.0552. The van der Waals surface area contributed by atoms with Crippen molar-refractivity contribution < 1.29 is 27.6 Å². The first kappa shape index (κ1) is 28.7. The number of benzene rings is 2. The van der Waals surface area contributed by atoms with Gasteiger partial charge in [0.15, 0.2) is 0 Å². The molecule has 2 N–H and O–H groups in total. The number of nitrogens with one attached hydrogen (secondary N) is 2. The Morgan fingerprint density at radius 3 is 2.11 bits per heavy atom. The zero-order valence-corrected chi connectivity index (χ0v) is 20.9. The summed E-state index contributed by atoms with van der Waals surface area (Å²) in [7, 11) is 0. The van der Waals surface area contributed by atoms with Crippen molar-refractivity contribution in [2.75, 3.05) is 0 Å². The molecule has 0 aliphatic rings. The Hall–Kier alpha value is -2.55. The number of ketones is 1. The minimum Gasteiger partial charge on any atom is -0.344 e. The maximum absolute atomic E-state index is 13.0. The number of hydrogen-bond acceptors (Lipinski definition) is 3. The second kappa shape index (κ2) is 12.4. The standard InChI is InChI=1S/C24H22Cl3F3N2O3/c1-13(2)21(22(34)24(28,29)30)32-23(35)19(12-15-3-7-16(25)8-4-15)31-20(33)10-6-14-5-9-17(26)18(27)11-14/h3-11,13,19,21H,12H2,1-2H3,(H,31,33)(H,32,35)/b10-6+. The van der Waals surface area contributed by atoms with Crippen molar-refractivity contribution in [1.82, 2.24) is 10.6 Å². The highest BCUT2D eigenvalue weighted by molar-refractivity contribution is 6.42. The third-order valence-corrected chi connectivity index (χ3v) is 5.87. The van der Waals surface area contributed by atoms with Gasteiger partial charge in [0.05, 0.1) is 16.1 Å². The quantitative estimate of drug-likeness (QED) is 0.397. The van der Waals surface area contributed by atoms with Crippen molar-refractivity contribution in [3.05, 3.63) is 74.7 Å². The molecule has 2 aromatic rings.